The number of nitrogens with zero attached hydrogens (tertiary/aromatic N) is 5. The summed E-state index contributed by atoms with van der Waals surface area (Å²) in [5.74, 6) is 0.812. The van der Waals surface area contributed by atoms with Crippen molar-refractivity contribution >= 4 is 29.9 Å². The third kappa shape index (κ3) is 2.85. The molecule has 2 unspecified atom stereocenters. The van der Waals surface area contributed by atoms with Crippen LogP contribution < -0.4 is 0 Å². The number of carbonyl (C=O) groups excluding carboxylic acids is 1. The Bertz CT molecular complexity index is 955. The summed E-state index contributed by atoms with van der Waals surface area (Å²) in [7, 11) is 0. The first-order chi connectivity index (χ1) is 13.7. The van der Waals surface area contributed by atoms with Gasteiger partial charge in [0.2, 0.25) is 0 Å². The van der Waals surface area contributed by atoms with E-state index in [4.69, 9.17) is 9.72 Å². The minimum absolute atomic E-state index is 0.189. The molecule has 2 fully saturated rings. The van der Waals surface area contributed by atoms with Gasteiger partial charge in [-0.15, -0.1) is 0 Å². The molecular weight excluding hydrogens is 374 g/mol. The van der Waals surface area contributed by atoms with Crippen LogP contribution in [0.25, 0.3) is 11.2 Å². The van der Waals surface area contributed by atoms with Gasteiger partial charge in [-0.1, -0.05) is 0 Å². The maximum atomic E-state index is 12.0. The molecule has 3 aliphatic rings. The molecule has 3 aliphatic heterocycles. The fourth-order valence-electron chi connectivity index (χ4n) is 4.58. The van der Waals surface area contributed by atoms with E-state index in [1.165, 1.54) is 5.57 Å². The maximum Gasteiger partial charge on any atom is 0.410 e. The van der Waals surface area contributed by atoms with Crippen molar-refractivity contribution in [3.05, 3.63) is 35.4 Å². The van der Waals surface area contributed by atoms with E-state index in [0.29, 0.717) is 18.9 Å². The highest BCUT2D eigenvalue weighted by Gasteiger charge is 2.39. The van der Waals surface area contributed by atoms with E-state index in [1.54, 1.807) is 0 Å². The van der Waals surface area contributed by atoms with E-state index in [1.807, 2.05) is 15.6 Å². The number of carbonyl (C=O) groups is 1. The molecule has 0 saturated carbocycles. The van der Waals surface area contributed by atoms with E-state index >= 15 is 0 Å². The number of hydrogen-bond donors (Lipinski definition) is 1. The lowest BCUT2D eigenvalue weighted by molar-refractivity contribution is 0.150. The summed E-state index contributed by atoms with van der Waals surface area (Å²) in [6.45, 7) is 5.43. The SMILES string of the molecule is CCN1C=C(c2cnn3c(CS)cc(C4CCC5COC(=O)N5C4)nc23)CC1. The van der Waals surface area contributed by atoms with E-state index in [9.17, 15) is 4.79 Å². The molecule has 2 atom stereocenters. The molecule has 2 saturated heterocycles. The zero-order valence-electron chi connectivity index (χ0n) is 16.0. The van der Waals surface area contributed by atoms with Gasteiger partial charge in [-0.3, -0.25) is 0 Å². The van der Waals surface area contributed by atoms with E-state index < -0.39 is 0 Å². The van der Waals surface area contributed by atoms with Crippen LogP contribution >= 0.6 is 12.6 Å². The van der Waals surface area contributed by atoms with Crippen LogP contribution in [0.1, 0.15) is 49.1 Å². The Morgan fingerprint density at radius 3 is 3.04 bits per heavy atom. The Hall–Kier alpha value is -2.22. The quantitative estimate of drug-likeness (QED) is 0.801. The highest BCUT2D eigenvalue weighted by atomic mass is 32.1. The van der Waals surface area contributed by atoms with Gasteiger partial charge >= 0.3 is 6.09 Å². The van der Waals surface area contributed by atoms with Crippen LogP contribution in [-0.4, -0.2) is 62.8 Å². The van der Waals surface area contributed by atoms with E-state index in [0.717, 1.165) is 55.0 Å². The first-order valence-electron chi connectivity index (χ1n) is 10.0. The summed E-state index contributed by atoms with van der Waals surface area (Å²) in [5.41, 5.74) is 5.36. The van der Waals surface area contributed by atoms with Crippen LogP contribution in [0.15, 0.2) is 18.5 Å². The zero-order chi connectivity index (χ0) is 19.3. The van der Waals surface area contributed by atoms with Crippen LogP contribution in [0.5, 0.6) is 0 Å². The first-order valence-corrected chi connectivity index (χ1v) is 10.7. The van der Waals surface area contributed by atoms with E-state index in [-0.39, 0.29) is 18.1 Å². The van der Waals surface area contributed by atoms with Gasteiger partial charge in [-0.2, -0.15) is 17.7 Å². The molecular formula is C20H25N5O2S. The van der Waals surface area contributed by atoms with Gasteiger partial charge in [0, 0.05) is 48.8 Å². The van der Waals surface area contributed by atoms with Crippen molar-refractivity contribution in [2.45, 2.75) is 43.9 Å². The molecule has 8 heteroatoms. The van der Waals surface area contributed by atoms with Crippen molar-refractivity contribution in [2.75, 3.05) is 26.2 Å². The van der Waals surface area contributed by atoms with Gasteiger partial charge in [0.1, 0.15) is 6.61 Å². The smallest absolute Gasteiger partial charge is 0.410 e. The molecule has 2 aromatic rings. The highest BCUT2D eigenvalue weighted by Crippen LogP contribution is 2.34. The Morgan fingerprint density at radius 2 is 2.25 bits per heavy atom. The van der Waals surface area contributed by atoms with Crippen molar-refractivity contribution in [1.82, 2.24) is 24.4 Å². The second-order valence-corrected chi connectivity index (χ2v) is 8.13. The number of ether oxygens (including phenoxy) is 1. The molecule has 0 radical (unpaired) electrons. The second kappa shape index (κ2) is 6.99. The van der Waals surface area contributed by atoms with Gasteiger partial charge in [0.15, 0.2) is 5.65 Å². The van der Waals surface area contributed by atoms with Crippen LogP contribution in [-0.2, 0) is 10.5 Å². The second-order valence-electron chi connectivity index (χ2n) is 7.81. The number of hydrogen-bond acceptors (Lipinski definition) is 6. The number of aromatic nitrogens is 3. The third-order valence-corrected chi connectivity index (χ3v) is 6.57. The fraction of sp³-hybridized carbons (Fsp3) is 0.550. The standard InChI is InChI=1S/C20H25N5O2S/c1-2-23-6-5-13(9-23)17-8-21-25-16(12-28)7-18(22-19(17)25)14-3-4-15-11-27-20(26)24(15)10-14/h7-9,14-15,28H,2-6,10-12H2,1H3. The summed E-state index contributed by atoms with van der Waals surface area (Å²) in [6.07, 6.45) is 6.97. The Labute approximate surface area is 169 Å². The maximum absolute atomic E-state index is 12.0. The molecule has 0 bridgehead atoms. The van der Waals surface area contributed by atoms with Gasteiger partial charge < -0.3 is 14.5 Å². The van der Waals surface area contributed by atoms with Crippen LogP contribution in [0, 0.1) is 0 Å². The summed E-state index contributed by atoms with van der Waals surface area (Å²) >= 11 is 4.52. The lowest BCUT2D eigenvalue weighted by Gasteiger charge is -2.32. The van der Waals surface area contributed by atoms with Crippen LogP contribution in [0.2, 0.25) is 0 Å². The van der Waals surface area contributed by atoms with Crippen molar-refractivity contribution in [1.29, 1.82) is 0 Å². The first kappa shape index (κ1) is 17.8. The van der Waals surface area contributed by atoms with Crippen molar-refractivity contribution < 1.29 is 9.53 Å². The topological polar surface area (TPSA) is 63.0 Å². The fourth-order valence-corrected chi connectivity index (χ4v) is 4.80. The number of fused-ring (bicyclic) bond motifs is 2. The molecule has 1 amide bonds. The van der Waals surface area contributed by atoms with Gasteiger partial charge in [0.05, 0.1) is 17.9 Å². The molecule has 0 N–H and O–H groups in total. The molecule has 5 rings (SSSR count). The molecule has 0 aliphatic carbocycles. The minimum Gasteiger partial charge on any atom is -0.447 e. The summed E-state index contributed by atoms with van der Waals surface area (Å²) in [4.78, 5) is 21.2. The minimum atomic E-state index is -0.189. The van der Waals surface area contributed by atoms with Crippen molar-refractivity contribution in [3.8, 4) is 0 Å². The van der Waals surface area contributed by atoms with Gasteiger partial charge in [-0.05, 0) is 37.8 Å². The Balaban J connectivity index is 1.53. The summed E-state index contributed by atoms with van der Waals surface area (Å²) in [6, 6.07) is 2.33. The summed E-state index contributed by atoms with van der Waals surface area (Å²) < 4.78 is 7.14. The number of piperidine rings is 1. The van der Waals surface area contributed by atoms with Crippen LogP contribution in [0.4, 0.5) is 4.79 Å². The van der Waals surface area contributed by atoms with Crippen molar-refractivity contribution in [2.24, 2.45) is 0 Å². The molecule has 2 aromatic heterocycles. The summed E-state index contributed by atoms with van der Waals surface area (Å²) in [5, 5.41) is 4.60. The number of rotatable bonds is 4. The average molecular weight is 400 g/mol. The predicted octanol–water partition coefficient (Wildman–Crippen LogP) is 2.92. The lowest BCUT2D eigenvalue weighted by atomic mass is 9.91. The number of thiol groups is 1. The molecule has 0 spiro atoms. The molecule has 5 heterocycles. The predicted molar refractivity (Wildman–Crippen MR) is 109 cm³/mol. The monoisotopic (exact) mass is 399 g/mol. The average Bonchev–Trinajstić information content (AvgIpc) is 3.45. The highest BCUT2D eigenvalue weighted by molar-refractivity contribution is 7.79. The van der Waals surface area contributed by atoms with Gasteiger partial charge in [0.25, 0.3) is 0 Å². The van der Waals surface area contributed by atoms with E-state index in [2.05, 4.69) is 41.8 Å². The molecule has 148 valence electrons. The zero-order valence-corrected chi connectivity index (χ0v) is 16.9. The number of cyclic esters (lactones) is 1. The third-order valence-electron chi connectivity index (χ3n) is 6.24. The lowest BCUT2D eigenvalue weighted by Crippen LogP contribution is -2.41. The normalized spacial score (nSPS) is 24.6. The van der Waals surface area contributed by atoms with Crippen LogP contribution in [0.3, 0.4) is 0 Å². The Kier molecular flexibility index (Phi) is 4.45. The number of amides is 1. The van der Waals surface area contributed by atoms with Gasteiger partial charge in [-0.25, -0.2) is 14.3 Å². The largest absolute Gasteiger partial charge is 0.447 e. The van der Waals surface area contributed by atoms with Crippen molar-refractivity contribution in [3.63, 3.8) is 0 Å². The molecule has 28 heavy (non-hydrogen) atoms. The Morgan fingerprint density at radius 1 is 1.36 bits per heavy atom. The molecule has 0 aromatic carbocycles. The molecule has 7 nitrogen and oxygen atoms in total.